The molecule has 0 radical (unpaired) electrons. The normalized spacial score (nSPS) is 13.2. The van der Waals surface area contributed by atoms with Crippen LogP contribution >= 0.6 is 0 Å². The number of carboxylic acid groups (broad SMARTS) is 1. The molecule has 0 saturated carbocycles. The van der Waals surface area contributed by atoms with E-state index < -0.39 is 24.6 Å². The summed E-state index contributed by atoms with van der Waals surface area (Å²) in [5.41, 5.74) is 0. The molecule has 1 aromatic heterocycles. The van der Waals surface area contributed by atoms with Crippen LogP contribution in [-0.4, -0.2) is 28.3 Å². The number of halogens is 3. The summed E-state index contributed by atoms with van der Waals surface area (Å²) in [6, 6.07) is 2.25. The zero-order valence-corrected chi connectivity index (χ0v) is 8.03. The lowest BCUT2D eigenvalue weighted by Crippen LogP contribution is -2.38. The molecule has 0 aromatic carbocycles. The number of aliphatic carboxylic acids is 1. The van der Waals surface area contributed by atoms with Crippen LogP contribution in [0.1, 0.15) is 6.42 Å². The van der Waals surface area contributed by atoms with Crippen LogP contribution in [0.15, 0.2) is 24.4 Å². The number of anilines is 1. The monoisotopic (exact) mass is 234 g/mol. The van der Waals surface area contributed by atoms with Crippen LogP contribution in [0.4, 0.5) is 19.0 Å². The van der Waals surface area contributed by atoms with E-state index in [1.807, 2.05) is 5.32 Å². The topological polar surface area (TPSA) is 62.2 Å². The third-order valence-corrected chi connectivity index (χ3v) is 1.76. The molecular weight excluding hydrogens is 225 g/mol. The van der Waals surface area contributed by atoms with Gasteiger partial charge in [-0.25, -0.2) is 4.98 Å². The molecule has 0 fully saturated rings. The van der Waals surface area contributed by atoms with Gasteiger partial charge in [-0.3, -0.25) is 4.79 Å². The number of nitrogens with one attached hydrogen (secondary N) is 1. The van der Waals surface area contributed by atoms with E-state index in [1.165, 1.54) is 18.3 Å². The molecule has 4 nitrogen and oxygen atoms in total. The van der Waals surface area contributed by atoms with Crippen molar-refractivity contribution in [2.24, 2.45) is 0 Å². The van der Waals surface area contributed by atoms with Crippen molar-refractivity contribution in [1.29, 1.82) is 0 Å². The van der Waals surface area contributed by atoms with E-state index in [2.05, 4.69) is 4.98 Å². The Balaban J connectivity index is 2.75. The van der Waals surface area contributed by atoms with Gasteiger partial charge >= 0.3 is 12.1 Å². The number of carboxylic acids is 1. The lowest BCUT2D eigenvalue weighted by Gasteiger charge is -2.20. The van der Waals surface area contributed by atoms with Gasteiger partial charge in [0.15, 0.2) is 0 Å². The molecule has 1 aromatic rings. The summed E-state index contributed by atoms with van der Waals surface area (Å²) in [7, 11) is 0. The molecular formula is C9H9F3N2O2. The quantitative estimate of drug-likeness (QED) is 0.835. The van der Waals surface area contributed by atoms with E-state index in [0.717, 1.165) is 0 Å². The van der Waals surface area contributed by atoms with Gasteiger partial charge in [0.1, 0.15) is 11.9 Å². The molecule has 0 saturated heterocycles. The average Bonchev–Trinajstić information content (AvgIpc) is 2.16. The molecule has 0 aliphatic rings. The van der Waals surface area contributed by atoms with Crippen molar-refractivity contribution in [3.63, 3.8) is 0 Å². The van der Waals surface area contributed by atoms with Crippen LogP contribution in [0.25, 0.3) is 0 Å². The fraction of sp³-hybridized carbons (Fsp3) is 0.333. The second kappa shape index (κ2) is 4.82. The molecule has 2 N–H and O–H groups in total. The average molecular weight is 234 g/mol. The van der Waals surface area contributed by atoms with Crippen molar-refractivity contribution in [2.75, 3.05) is 5.32 Å². The summed E-state index contributed by atoms with van der Waals surface area (Å²) in [4.78, 5) is 13.9. The molecule has 16 heavy (non-hydrogen) atoms. The summed E-state index contributed by atoms with van der Waals surface area (Å²) < 4.78 is 37.2. The smallest absolute Gasteiger partial charge is 0.409 e. The van der Waals surface area contributed by atoms with Gasteiger partial charge < -0.3 is 10.4 Å². The van der Waals surface area contributed by atoms with E-state index in [9.17, 15) is 18.0 Å². The molecule has 0 aliphatic heterocycles. The number of pyridine rings is 1. The lowest BCUT2D eigenvalue weighted by atomic mass is 10.2. The Morgan fingerprint density at radius 1 is 1.50 bits per heavy atom. The predicted molar refractivity (Wildman–Crippen MR) is 50.0 cm³/mol. The Hall–Kier alpha value is -1.79. The van der Waals surface area contributed by atoms with Crippen LogP contribution in [-0.2, 0) is 4.79 Å². The van der Waals surface area contributed by atoms with Crippen LogP contribution in [0.5, 0.6) is 0 Å². The van der Waals surface area contributed by atoms with Gasteiger partial charge in [0, 0.05) is 6.20 Å². The lowest BCUT2D eigenvalue weighted by molar-refractivity contribution is -0.157. The molecule has 88 valence electrons. The minimum atomic E-state index is -4.63. The first-order valence-electron chi connectivity index (χ1n) is 4.35. The maximum atomic E-state index is 12.4. The summed E-state index contributed by atoms with van der Waals surface area (Å²) in [6.07, 6.45) is -4.35. The summed E-state index contributed by atoms with van der Waals surface area (Å²) >= 11 is 0. The molecule has 1 heterocycles. The highest BCUT2D eigenvalue weighted by atomic mass is 19.4. The van der Waals surface area contributed by atoms with E-state index in [1.54, 1.807) is 6.07 Å². The highest BCUT2D eigenvalue weighted by Crippen LogP contribution is 2.25. The summed E-state index contributed by atoms with van der Waals surface area (Å²) in [5.74, 6) is -1.53. The minimum absolute atomic E-state index is 0.00826. The van der Waals surface area contributed by atoms with Gasteiger partial charge in [0.2, 0.25) is 0 Å². The molecule has 0 amide bonds. The Morgan fingerprint density at radius 2 is 2.19 bits per heavy atom. The molecule has 7 heteroatoms. The fourth-order valence-electron chi connectivity index (χ4n) is 1.05. The number of rotatable bonds is 4. The van der Waals surface area contributed by atoms with Crippen molar-refractivity contribution in [2.45, 2.75) is 18.6 Å². The SMILES string of the molecule is O=C(O)C[C@H](Nc1ccccn1)C(F)(F)F. The molecule has 1 atom stereocenters. The second-order valence-corrected chi connectivity index (χ2v) is 3.05. The Labute approximate surface area is 89.1 Å². The molecule has 0 bridgehead atoms. The van der Waals surface area contributed by atoms with Crippen LogP contribution in [0.2, 0.25) is 0 Å². The molecule has 0 unspecified atom stereocenters. The van der Waals surface area contributed by atoms with Gasteiger partial charge in [0.05, 0.1) is 6.42 Å². The van der Waals surface area contributed by atoms with E-state index in [0.29, 0.717) is 0 Å². The second-order valence-electron chi connectivity index (χ2n) is 3.05. The Kier molecular flexibility index (Phi) is 3.70. The number of hydrogen-bond donors (Lipinski definition) is 2. The van der Waals surface area contributed by atoms with Crippen molar-refractivity contribution in [3.05, 3.63) is 24.4 Å². The van der Waals surface area contributed by atoms with Gasteiger partial charge in [-0.15, -0.1) is 0 Å². The van der Waals surface area contributed by atoms with Gasteiger partial charge in [-0.2, -0.15) is 13.2 Å². The van der Waals surface area contributed by atoms with Crippen LogP contribution in [0, 0.1) is 0 Å². The number of aromatic nitrogens is 1. The Bertz CT molecular complexity index is 354. The highest BCUT2D eigenvalue weighted by molar-refractivity contribution is 5.68. The van der Waals surface area contributed by atoms with Crippen molar-refractivity contribution < 1.29 is 23.1 Å². The molecule has 1 rings (SSSR count). The molecule has 0 aliphatic carbocycles. The molecule has 0 spiro atoms. The van der Waals surface area contributed by atoms with Gasteiger partial charge in [-0.1, -0.05) is 6.07 Å². The first-order valence-corrected chi connectivity index (χ1v) is 4.35. The minimum Gasteiger partial charge on any atom is -0.481 e. The van der Waals surface area contributed by atoms with E-state index >= 15 is 0 Å². The summed E-state index contributed by atoms with van der Waals surface area (Å²) in [6.45, 7) is 0. The maximum absolute atomic E-state index is 12.4. The van der Waals surface area contributed by atoms with Crippen LogP contribution < -0.4 is 5.32 Å². The first kappa shape index (κ1) is 12.3. The van der Waals surface area contributed by atoms with E-state index in [4.69, 9.17) is 5.11 Å². The first-order chi connectivity index (χ1) is 7.39. The summed E-state index contributed by atoms with van der Waals surface area (Å²) in [5, 5.41) is 10.4. The number of nitrogens with zero attached hydrogens (tertiary/aromatic N) is 1. The van der Waals surface area contributed by atoms with Crippen LogP contribution in [0.3, 0.4) is 0 Å². The zero-order valence-electron chi connectivity index (χ0n) is 8.03. The maximum Gasteiger partial charge on any atom is 0.409 e. The van der Waals surface area contributed by atoms with Gasteiger partial charge in [0.25, 0.3) is 0 Å². The third kappa shape index (κ3) is 3.76. The highest BCUT2D eigenvalue weighted by Gasteiger charge is 2.41. The number of alkyl halides is 3. The number of hydrogen-bond acceptors (Lipinski definition) is 3. The third-order valence-electron chi connectivity index (χ3n) is 1.76. The standard InChI is InChI=1S/C9H9F3N2O2/c10-9(11,12)6(5-8(15)16)14-7-3-1-2-4-13-7/h1-4,6H,5H2,(H,13,14)(H,15,16)/t6-/m0/s1. The van der Waals surface area contributed by atoms with E-state index in [-0.39, 0.29) is 5.82 Å². The van der Waals surface area contributed by atoms with Crippen molar-refractivity contribution >= 4 is 11.8 Å². The number of carbonyl (C=O) groups is 1. The predicted octanol–water partition coefficient (Wildman–Crippen LogP) is 1.90. The van der Waals surface area contributed by atoms with Crippen molar-refractivity contribution in [3.8, 4) is 0 Å². The largest absolute Gasteiger partial charge is 0.481 e. The fourth-order valence-corrected chi connectivity index (χ4v) is 1.05. The Morgan fingerprint density at radius 3 is 2.62 bits per heavy atom. The zero-order chi connectivity index (χ0) is 12.2. The van der Waals surface area contributed by atoms with Crippen molar-refractivity contribution in [1.82, 2.24) is 4.98 Å². The van der Waals surface area contributed by atoms with Gasteiger partial charge in [-0.05, 0) is 12.1 Å².